The standard InChI is InChI=1S/C27H28N2O6S/c1-19-3-6-21(7-4-19)22-8-10-23(11-9-22)27(31)35-18-26(30)28-25-17-24(12-5-20(25)2)36(32,33)29-13-15-34-16-14-29/h3-12,17H,13-16,18H2,1-2H3,(H,28,30). The first-order chi connectivity index (χ1) is 17.2. The fraction of sp³-hybridized carbons (Fsp3) is 0.259. The second kappa shape index (κ2) is 11.0. The highest BCUT2D eigenvalue weighted by atomic mass is 32.2. The van der Waals surface area contributed by atoms with Gasteiger partial charge in [-0.05, 0) is 54.8 Å². The van der Waals surface area contributed by atoms with E-state index in [2.05, 4.69) is 5.32 Å². The van der Waals surface area contributed by atoms with E-state index in [0.29, 0.717) is 30.0 Å². The van der Waals surface area contributed by atoms with Gasteiger partial charge in [0.2, 0.25) is 10.0 Å². The van der Waals surface area contributed by atoms with Crippen LogP contribution in [0.1, 0.15) is 21.5 Å². The number of rotatable bonds is 7. The van der Waals surface area contributed by atoms with Crippen LogP contribution in [0, 0.1) is 13.8 Å². The molecule has 1 amide bonds. The Morgan fingerprint density at radius 3 is 2.17 bits per heavy atom. The maximum Gasteiger partial charge on any atom is 0.338 e. The van der Waals surface area contributed by atoms with Crippen molar-refractivity contribution in [2.75, 3.05) is 38.2 Å². The van der Waals surface area contributed by atoms with Crippen LogP contribution in [-0.4, -0.2) is 57.5 Å². The van der Waals surface area contributed by atoms with E-state index < -0.39 is 28.5 Å². The number of carbonyl (C=O) groups is 2. The molecule has 9 heteroatoms. The molecule has 0 spiro atoms. The third kappa shape index (κ3) is 5.99. The van der Waals surface area contributed by atoms with Gasteiger partial charge >= 0.3 is 5.97 Å². The number of anilines is 1. The van der Waals surface area contributed by atoms with Gasteiger partial charge in [0.1, 0.15) is 0 Å². The molecular weight excluding hydrogens is 480 g/mol. The minimum absolute atomic E-state index is 0.0796. The fourth-order valence-corrected chi connectivity index (χ4v) is 5.21. The number of carbonyl (C=O) groups excluding carboxylic acids is 2. The molecule has 8 nitrogen and oxygen atoms in total. The lowest BCUT2D eigenvalue weighted by molar-refractivity contribution is -0.119. The summed E-state index contributed by atoms with van der Waals surface area (Å²) in [7, 11) is -3.71. The molecule has 0 atom stereocenters. The topological polar surface area (TPSA) is 102 Å². The largest absolute Gasteiger partial charge is 0.452 e. The molecule has 1 aliphatic rings. The van der Waals surface area contributed by atoms with Gasteiger partial charge < -0.3 is 14.8 Å². The number of esters is 1. The summed E-state index contributed by atoms with van der Waals surface area (Å²) in [4.78, 5) is 25.0. The molecule has 0 bridgehead atoms. The maximum absolute atomic E-state index is 12.9. The molecule has 1 N–H and O–H groups in total. The highest BCUT2D eigenvalue weighted by Crippen LogP contribution is 2.24. The minimum atomic E-state index is -3.71. The van der Waals surface area contributed by atoms with Crippen LogP contribution in [0.2, 0.25) is 0 Å². The number of nitrogens with zero attached hydrogens (tertiary/aromatic N) is 1. The van der Waals surface area contributed by atoms with Crippen molar-refractivity contribution in [1.82, 2.24) is 4.31 Å². The number of sulfonamides is 1. The van der Waals surface area contributed by atoms with E-state index in [1.165, 1.54) is 16.4 Å². The van der Waals surface area contributed by atoms with E-state index in [4.69, 9.17) is 9.47 Å². The second-order valence-electron chi connectivity index (χ2n) is 8.56. The van der Waals surface area contributed by atoms with Crippen LogP contribution in [0.5, 0.6) is 0 Å². The summed E-state index contributed by atoms with van der Waals surface area (Å²) in [5, 5.41) is 2.64. The molecule has 0 aliphatic carbocycles. The van der Waals surface area contributed by atoms with E-state index in [9.17, 15) is 18.0 Å². The lowest BCUT2D eigenvalue weighted by atomic mass is 10.0. The quantitative estimate of drug-likeness (QED) is 0.488. The zero-order chi connectivity index (χ0) is 25.7. The lowest BCUT2D eigenvalue weighted by Crippen LogP contribution is -2.40. The predicted octanol–water partition coefficient (Wildman–Crippen LogP) is 3.79. The van der Waals surface area contributed by atoms with Crippen molar-refractivity contribution in [2.24, 2.45) is 0 Å². The smallest absolute Gasteiger partial charge is 0.338 e. The fourth-order valence-electron chi connectivity index (χ4n) is 3.78. The molecule has 0 aromatic heterocycles. The second-order valence-corrected chi connectivity index (χ2v) is 10.5. The van der Waals surface area contributed by atoms with Crippen LogP contribution in [0.25, 0.3) is 11.1 Å². The summed E-state index contributed by atoms with van der Waals surface area (Å²) in [6.45, 7) is 4.51. The van der Waals surface area contributed by atoms with Gasteiger partial charge in [0, 0.05) is 18.8 Å². The first kappa shape index (κ1) is 25.6. The molecule has 1 aliphatic heterocycles. The van der Waals surface area contributed by atoms with E-state index in [-0.39, 0.29) is 18.0 Å². The van der Waals surface area contributed by atoms with Gasteiger partial charge in [-0.1, -0.05) is 48.0 Å². The molecule has 1 heterocycles. The van der Waals surface area contributed by atoms with Crippen LogP contribution >= 0.6 is 0 Å². The molecule has 36 heavy (non-hydrogen) atoms. The van der Waals surface area contributed by atoms with Crippen LogP contribution in [-0.2, 0) is 24.3 Å². The van der Waals surface area contributed by atoms with Crippen LogP contribution in [0.15, 0.2) is 71.6 Å². The first-order valence-electron chi connectivity index (χ1n) is 11.6. The molecule has 3 aromatic rings. The number of hydrogen-bond donors (Lipinski definition) is 1. The molecule has 1 fully saturated rings. The number of nitrogens with one attached hydrogen (secondary N) is 1. The molecule has 4 rings (SSSR count). The van der Waals surface area contributed by atoms with E-state index >= 15 is 0 Å². The first-order valence-corrected chi connectivity index (χ1v) is 13.0. The number of hydrogen-bond acceptors (Lipinski definition) is 6. The van der Waals surface area contributed by atoms with Crippen molar-refractivity contribution in [2.45, 2.75) is 18.7 Å². The van der Waals surface area contributed by atoms with Crippen molar-refractivity contribution in [3.05, 3.63) is 83.4 Å². The average molecular weight is 509 g/mol. The van der Waals surface area contributed by atoms with E-state index in [1.54, 1.807) is 25.1 Å². The van der Waals surface area contributed by atoms with Gasteiger partial charge in [-0.15, -0.1) is 0 Å². The summed E-state index contributed by atoms with van der Waals surface area (Å²) in [5.74, 6) is -1.19. The van der Waals surface area contributed by atoms with Crippen molar-refractivity contribution < 1.29 is 27.5 Å². The monoisotopic (exact) mass is 508 g/mol. The van der Waals surface area contributed by atoms with Crippen LogP contribution < -0.4 is 5.32 Å². The molecule has 1 saturated heterocycles. The third-order valence-corrected chi connectivity index (χ3v) is 7.83. The van der Waals surface area contributed by atoms with E-state index in [0.717, 1.165) is 16.7 Å². The molecule has 3 aromatic carbocycles. The Morgan fingerprint density at radius 2 is 1.53 bits per heavy atom. The Balaban J connectivity index is 1.36. The number of benzene rings is 3. The third-order valence-electron chi connectivity index (χ3n) is 5.93. The van der Waals surface area contributed by atoms with Crippen molar-refractivity contribution in [3.8, 4) is 11.1 Å². The Bertz CT molecular complexity index is 1350. The zero-order valence-electron chi connectivity index (χ0n) is 20.2. The summed E-state index contributed by atoms with van der Waals surface area (Å²) >= 11 is 0. The summed E-state index contributed by atoms with van der Waals surface area (Å²) in [6, 6.07) is 19.6. The zero-order valence-corrected chi connectivity index (χ0v) is 21.0. The SMILES string of the molecule is Cc1ccc(-c2ccc(C(=O)OCC(=O)Nc3cc(S(=O)(=O)N4CCOCC4)ccc3C)cc2)cc1. The molecule has 0 unspecified atom stereocenters. The van der Waals surface area contributed by atoms with Crippen LogP contribution in [0.4, 0.5) is 5.69 Å². The number of aryl methyl sites for hydroxylation is 2. The lowest BCUT2D eigenvalue weighted by Gasteiger charge is -2.26. The van der Waals surface area contributed by atoms with Gasteiger partial charge in [-0.25, -0.2) is 13.2 Å². The Hall–Kier alpha value is -3.53. The molecule has 0 radical (unpaired) electrons. The Labute approximate surface area is 210 Å². The number of morpholine rings is 1. The predicted molar refractivity (Wildman–Crippen MR) is 136 cm³/mol. The molecule has 0 saturated carbocycles. The highest BCUT2D eigenvalue weighted by Gasteiger charge is 2.27. The number of amides is 1. The number of ether oxygens (including phenoxy) is 2. The van der Waals surface area contributed by atoms with Gasteiger partial charge in [0.15, 0.2) is 6.61 Å². The van der Waals surface area contributed by atoms with Crippen molar-refractivity contribution in [1.29, 1.82) is 0 Å². The average Bonchev–Trinajstić information content (AvgIpc) is 2.89. The van der Waals surface area contributed by atoms with Crippen LogP contribution in [0.3, 0.4) is 0 Å². The van der Waals surface area contributed by atoms with Gasteiger partial charge in [0.25, 0.3) is 5.91 Å². The summed E-state index contributed by atoms with van der Waals surface area (Å²) in [6.07, 6.45) is 0. The van der Waals surface area contributed by atoms with Crippen molar-refractivity contribution in [3.63, 3.8) is 0 Å². The maximum atomic E-state index is 12.9. The van der Waals surface area contributed by atoms with Crippen molar-refractivity contribution >= 4 is 27.6 Å². The summed E-state index contributed by atoms with van der Waals surface area (Å²) < 4.78 is 37.6. The Morgan fingerprint density at radius 1 is 0.917 bits per heavy atom. The van der Waals surface area contributed by atoms with Gasteiger partial charge in [-0.3, -0.25) is 4.79 Å². The minimum Gasteiger partial charge on any atom is -0.452 e. The van der Waals surface area contributed by atoms with Gasteiger partial charge in [0.05, 0.1) is 23.7 Å². The molecular formula is C27H28N2O6S. The van der Waals surface area contributed by atoms with Gasteiger partial charge in [-0.2, -0.15) is 4.31 Å². The Kier molecular flexibility index (Phi) is 7.83. The summed E-state index contributed by atoms with van der Waals surface area (Å²) in [5.41, 5.74) is 4.52. The normalized spacial score (nSPS) is 14.3. The highest BCUT2D eigenvalue weighted by molar-refractivity contribution is 7.89. The van der Waals surface area contributed by atoms with E-state index in [1.807, 2.05) is 43.3 Å². The molecule has 188 valence electrons.